The van der Waals surface area contributed by atoms with Gasteiger partial charge in [0.05, 0.1) is 29.4 Å². The lowest BCUT2D eigenvalue weighted by atomic mass is 10.0. The van der Waals surface area contributed by atoms with Gasteiger partial charge in [0.25, 0.3) is 0 Å². The molecular formula is C22H16F4N4O3. The Kier molecular flexibility index (Phi) is 5.32. The molecule has 2 amide bonds. The predicted molar refractivity (Wildman–Crippen MR) is 114 cm³/mol. The first-order valence-corrected chi connectivity index (χ1v) is 9.40. The number of hydrogen-bond acceptors (Lipinski definition) is 5. The number of amides is 2. The summed E-state index contributed by atoms with van der Waals surface area (Å²) in [6.45, 7) is 0. The molecule has 0 radical (unpaired) electrons. The second kappa shape index (κ2) is 8.01. The van der Waals surface area contributed by atoms with Crippen molar-refractivity contribution in [1.29, 1.82) is 0 Å². The first kappa shape index (κ1) is 21.9. The van der Waals surface area contributed by atoms with Crippen LogP contribution in [0.2, 0.25) is 0 Å². The second-order valence-electron chi connectivity index (χ2n) is 6.97. The topological polar surface area (TPSA) is 108 Å². The Labute approximate surface area is 184 Å². The van der Waals surface area contributed by atoms with Crippen LogP contribution in [-0.2, 0) is 6.18 Å². The summed E-state index contributed by atoms with van der Waals surface area (Å²) < 4.78 is 64.2. The number of nitrogens with zero attached hydrogens (tertiary/aromatic N) is 2. The minimum atomic E-state index is -4.73. The lowest BCUT2D eigenvalue weighted by Crippen LogP contribution is -2.32. The highest BCUT2D eigenvalue weighted by Crippen LogP contribution is 2.39. The van der Waals surface area contributed by atoms with Gasteiger partial charge in [-0.1, -0.05) is 17.3 Å². The smallest absolute Gasteiger partial charge is 0.416 e. The van der Waals surface area contributed by atoms with E-state index in [2.05, 4.69) is 5.16 Å². The third-order valence-electron chi connectivity index (χ3n) is 5.00. The normalized spacial score (nSPS) is 11.5. The van der Waals surface area contributed by atoms with E-state index in [0.29, 0.717) is 50.9 Å². The molecule has 0 saturated heterocycles. The Hall–Kier alpha value is -4.28. The third-order valence-corrected chi connectivity index (χ3v) is 5.00. The first-order chi connectivity index (χ1) is 15.6. The number of benzene rings is 3. The molecule has 0 aliphatic carbocycles. The molecule has 7 nitrogen and oxygen atoms in total. The van der Waals surface area contributed by atoms with Gasteiger partial charge in [0, 0.05) is 0 Å². The van der Waals surface area contributed by atoms with Gasteiger partial charge in [-0.15, -0.1) is 0 Å². The van der Waals surface area contributed by atoms with Gasteiger partial charge < -0.3 is 20.7 Å². The SMILES string of the molecule is COc1ccc(-c2ccc(N(C(N)=O)c3cc(C(F)(F)F)ccc3F)cc2)c2c(N)noc12. The molecule has 0 spiro atoms. The first-order valence-electron chi connectivity index (χ1n) is 9.40. The van der Waals surface area contributed by atoms with Crippen LogP contribution in [0.3, 0.4) is 0 Å². The summed E-state index contributed by atoms with van der Waals surface area (Å²) >= 11 is 0. The summed E-state index contributed by atoms with van der Waals surface area (Å²) in [4.78, 5) is 12.7. The maximum absolute atomic E-state index is 14.4. The number of carbonyl (C=O) groups is 1. The lowest BCUT2D eigenvalue weighted by Gasteiger charge is -2.22. The van der Waals surface area contributed by atoms with E-state index in [1.807, 2.05) is 0 Å². The van der Waals surface area contributed by atoms with Crippen LogP contribution in [-0.4, -0.2) is 18.3 Å². The Balaban J connectivity index is 1.79. The molecular weight excluding hydrogens is 444 g/mol. The number of alkyl halides is 3. The largest absolute Gasteiger partial charge is 0.493 e. The zero-order valence-electron chi connectivity index (χ0n) is 17.0. The molecule has 1 heterocycles. The lowest BCUT2D eigenvalue weighted by molar-refractivity contribution is -0.137. The van der Waals surface area contributed by atoms with Crippen molar-refractivity contribution in [3.8, 4) is 16.9 Å². The number of halogens is 4. The van der Waals surface area contributed by atoms with Gasteiger partial charge in [0.2, 0.25) is 5.58 Å². The van der Waals surface area contributed by atoms with Crippen molar-refractivity contribution in [2.24, 2.45) is 5.73 Å². The minimum absolute atomic E-state index is 0.0625. The number of nitrogen functional groups attached to an aromatic ring is 1. The Morgan fingerprint density at radius 3 is 2.39 bits per heavy atom. The number of rotatable bonds is 4. The summed E-state index contributed by atoms with van der Waals surface area (Å²) in [5, 5.41) is 4.25. The number of nitrogens with two attached hydrogens (primary N) is 2. The van der Waals surface area contributed by atoms with Gasteiger partial charge in [-0.2, -0.15) is 13.2 Å². The fourth-order valence-electron chi connectivity index (χ4n) is 3.49. The molecule has 0 bridgehead atoms. The van der Waals surface area contributed by atoms with Crippen molar-refractivity contribution >= 4 is 34.2 Å². The fraction of sp³-hybridized carbons (Fsp3) is 0.0909. The number of ether oxygens (including phenoxy) is 1. The van der Waals surface area contributed by atoms with Gasteiger partial charge in [-0.3, -0.25) is 4.90 Å². The molecule has 0 fully saturated rings. The van der Waals surface area contributed by atoms with Crippen LogP contribution in [0.1, 0.15) is 5.56 Å². The third kappa shape index (κ3) is 3.88. The molecule has 0 unspecified atom stereocenters. The van der Waals surface area contributed by atoms with Gasteiger partial charge in [-0.25, -0.2) is 9.18 Å². The zero-order chi connectivity index (χ0) is 23.9. The van der Waals surface area contributed by atoms with Gasteiger partial charge >= 0.3 is 12.2 Å². The molecule has 1 aromatic heterocycles. The summed E-state index contributed by atoms with van der Waals surface area (Å²) in [7, 11) is 1.47. The highest BCUT2D eigenvalue weighted by atomic mass is 19.4. The average Bonchev–Trinajstić information content (AvgIpc) is 3.16. The van der Waals surface area contributed by atoms with Crippen LogP contribution in [0, 0.1) is 5.82 Å². The van der Waals surface area contributed by atoms with Crippen LogP contribution in [0.15, 0.2) is 59.1 Å². The second-order valence-corrected chi connectivity index (χ2v) is 6.97. The van der Waals surface area contributed by atoms with Gasteiger partial charge in [-0.05, 0) is 53.6 Å². The van der Waals surface area contributed by atoms with Crippen LogP contribution >= 0.6 is 0 Å². The van der Waals surface area contributed by atoms with Gasteiger partial charge in [0.15, 0.2) is 11.6 Å². The Morgan fingerprint density at radius 1 is 1.09 bits per heavy atom. The standard InChI is InChI=1S/C22H16F4N4O3/c1-32-17-9-7-14(18-19(17)33-29-20(18)27)11-2-5-13(6-3-11)30(21(28)31)16-10-12(22(24,25)26)4-8-15(16)23/h2-10H,1H3,(H2,27,29)(H2,28,31). The summed E-state index contributed by atoms with van der Waals surface area (Å²) in [5.74, 6) is -0.484. The van der Waals surface area contributed by atoms with E-state index in [-0.39, 0.29) is 11.5 Å². The number of hydrogen-bond donors (Lipinski definition) is 2. The van der Waals surface area contributed by atoms with Gasteiger partial charge in [0.1, 0.15) is 5.82 Å². The molecule has 0 aliphatic rings. The van der Waals surface area contributed by atoms with Crippen LogP contribution in [0.5, 0.6) is 5.75 Å². The van der Waals surface area contributed by atoms with Crippen LogP contribution < -0.4 is 21.1 Å². The van der Waals surface area contributed by atoms with E-state index in [9.17, 15) is 22.4 Å². The number of anilines is 3. The van der Waals surface area contributed by atoms with Crippen molar-refractivity contribution in [1.82, 2.24) is 5.16 Å². The Morgan fingerprint density at radius 2 is 1.79 bits per heavy atom. The quantitative estimate of drug-likeness (QED) is 0.393. The molecule has 3 aromatic carbocycles. The van der Waals surface area contributed by atoms with E-state index >= 15 is 0 Å². The highest BCUT2D eigenvalue weighted by Gasteiger charge is 2.32. The van der Waals surface area contributed by atoms with Crippen molar-refractivity contribution < 1.29 is 31.6 Å². The number of methoxy groups -OCH3 is 1. The summed E-state index contributed by atoms with van der Waals surface area (Å²) in [6.07, 6.45) is -4.73. The monoisotopic (exact) mass is 460 g/mol. The van der Waals surface area contributed by atoms with Crippen molar-refractivity contribution in [3.05, 3.63) is 66.0 Å². The van der Waals surface area contributed by atoms with Crippen LogP contribution in [0.25, 0.3) is 22.1 Å². The molecule has 11 heteroatoms. The zero-order valence-corrected chi connectivity index (χ0v) is 17.0. The summed E-state index contributed by atoms with van der Waals surface area (Å²) in [6, 6.07) is 9.94. The number of primary amides is 1. The Bertz CT molecular complexity index is 1350. The molecule has 0 atom stereocenters. The molecule has 4 rings (SSSR count). The number of urea groups is 1. The molecule has 0 saturated carbocycles. The molecule has 4 aromatic rings. The van der Waals surface area contributed by atoms with Crippen molar-refractivity contribution in [2.45, 2.75) is 6.18 Å². The molecule has 0 aliphatic heterocycles. The van der Waals surface area contributed by atoms with Crippen molar-refractivity contribution in [3.63, 3.8) is 0 Å². The predicted octanol–water partition coefficient (Wildman–Crippen LogP) is 5.46. The number of carbonyl (C=O) groups excluding carboxylic acids is 1. The van der Waals surface area contributed by atoms with E-state index in [4.69, 9.17) is 20.7 Å². The van der Waals surface area contributed by atoms with E-state index < -0.39 is 29.3 Å². The van der Waals surface area contributed by atoms with Crippen LogP contribution in [0.4, 0.5) is 39.5 Å². The fourth-order valence-corrected chi connectivity index (χ4v) is 3.49. The minimum Gasteiger partial charge on any atom is -0.493 e. The highest BCUT2D eigenvalue weighted by molar-refractivity contribution is 6.04. The van der Waals surface area contributed by atoms with E-state index in [1.165, 1.54) is 19.2 Å². The maximum atomic E-state index is 14.4. The number of fused-ring (bicyclic) bond motifs is 1. The van der Waals surface area contributed by atoms with Crippen molar-refractivity contribution in [2.75, 3.05) is 17.7 Å². The number of aromatic nitrogens is 1. The maximum Gasteiger partial charge on any atom is 0.416 e. The summed E-state index contributed by atoms with van der Waals surface area (Å²) in [5.41, 5.74) is 11.2. The average molecular weight is 460 g/mol. The molecule has 4 N–H and O–H groups in total. The van der Waals surface area contributed by atoms with E-state index in [0.717, 1.165) is 0 Å². The molecule has 170 valence electrons. The molecule has 33 heavy (non-hydrogen) atoms. The van der Waals surface area contributed by atoms with E-state index in [1.54, 1.807) is 24.3 Å².